The summed E-state index contributed by atoms with van der Waals surface area (Å²) in [4.78, 5) is 0. The van der Waals surface area contributed by atoms with Crippen molar-refractivity contribution in [2.24, 2.45) is 0 Å². The van der Waals surface area contributed by atoms with Crippen LogP contribution < -0.4 is 10.1 Å². The number of nitrogens with one attached hydrogen (secondary N) is 1. The van der Waals surface area contributed by atoms with Gasteiger partial charge in [0.2, 0.25) is 0 Å². The Hall–Kier alpha value is -1.28. The van der Waals surface area contributed by atoms with Gasteiger partial charge in [0.15, 0.2) is 0 Å². The zero-order chi connectivity index (χ0) is 10.5. The van der Waals surface area contributed by atoms with Crippen molar-refractivity contribution in [2.75, 3.05) is 6.61 Å². The van der Waals surface area contributed by atoms with E-state index >= 15 is 0 Å². The first kappa shape index (κ1) is 10.2. The summed E-state index contributed by atoms with van der Waals surface area (Å²) >= 11 is 0. The molecule has 0 unspecified atom stereocenters. The highest BCUT2D eigenvalue weighted by Crippen LogP contribution is 2.22. The molecule has 0 radical (unpaired) electrons. The molecule has 2 nitrogen and oxygen atoms in total. The van der Waals surface area contributed by atoms with E-state index < -0.39 is 0 Å². The topological polar surface area (TPSA) is 21.3 Å². The van der Waals surface area contributed by atoms with E-state index in [9.17, 15) is 0 Å². The second kappa shape index (κ2) is 4.99. The van der Waals surface area contributed by atoms with Crippen LogP contribution >= 0.6 is 0 Å². The van der Waals surface area contributed by atoms with E-state index in [1.165, 1.54) is 18.4 Å². The van der Waals surface area contributed by atoms with Crippen LogP contribution in [0.2, 0.25) is 0 Å². The van der Waals surface area contributed by atoms with Gasteiger partial charge in [-0.25, -0.2) is 0 Å². The van der Waals surface area contributed by atoms with Crippen LogP contribution in [0.25, 0.3) is 0 Å². The second-order valence-corrected chi connectivity index (χ2v) is 3.86. The van der Waals surface area contributed by atoms with Crippen molar-refractivity contribution in [3.05, 3.63) is 42.5 Å². The van der Waals surface area contributed by atoms with E-state index in [1.807, 2.05) is 18.2 Å². The zero-order valence-corrected chi connectivity index (χ0v) is 8.91. The number of hydrogen-bond acceptors (Lipinski definition) is 2. The summed E-state index contributed by atoms with van der Waals surface area (Å²) in [6.07, 6.45) is 4.40. The summed E-state index contributed by atoms with van der Waals surface area (Å²) in [5.74, 6) is 0.963. The van der Waals surface area contributed by atoms with Gasteiger partial charge in [0.05, 0.1) is 0 Å². The molecule has 0 amide bonds. The second-order valence-electron chi connectivity index (χ2n) is 3.86. The van der Waals surface area contributed by atoms with Crippen LogP contribution in [0.15, 0.2) is 36.9 Å². The minimum atomic E-state index is 0.570. The Labute approximate surface area is 91.0 Å². The minimum Gasteiger partial charge on any atom is -0.489 e. The molecule has 0 saturated heterocycles. The van der Waals surface area contributed by atoms with Gasteiger partial charge in [-0.2, -0.15) is 0 Å². The van der Waals surface area contributed by atoms with Gasteiger partial charge in [0.25, 0.3) is 0 Å². The molecule has 15 heavy (non-hydrogen) atoms. The SMILES string of the molecule is C=CCOc1ccccc1CNC1CC1. The first-order valence-electron chi connectivity index (χ1n) is 5.45. The molecule has 0 atom stereocenters. The Morgan fingerprint density at radius 3 is 2.93 bits per heavy atom. The molecule has 1 aliphatic rings. The predicted molar refractivity (Wildman–Crippen MR) is 62.0 cm³/mol. The van der Waals surface area contributed by atoms with Crippen molar-refractivity contribution >= 4 is 0 Å². The molecule has 2 heteroatoms. The van der Waals surface area contributed by atoms with Crippen LogP contribution in [-0.4, -0.2) is 12.6 Å². The van der Waals surface area contributed by atoms with E-state index in [1.54, 1.807) is 6.08 Å². The average molecular weight is 203 g/mol. The number of ether oxygens (including phenoxy) is 1. The standard InChI is InChI=1S/C13H17NO/c1-2-9-15-13-6-4-3-5-11(13)10-14-12-7-8-12/h2-6,12,14H,1,7-10H2. The molecule has 0 aliphatic heterocycles. The van der Waals surface area contributed by atoms with Gasteiger partial charge in [-0.15, -0.1) is 0 Å². The Morgan fingerprint density at radius 2 is 2.20 bits per heavy atom. The smallest absolute Gasteiger partial charge is 0.124 e. The fourth-order valence-electron chi connectivity index (χ4n) is 1.48. The molecule has 0 spiro atoms. The van der Waals surface area contributed by atoms with Crippen LogP contribution in [-0.2, 0) is 6.54 Å². The maximum absolute atomic E-state index is 5.58. The van der Waals surface area contributed by atoms with Gasteiger partial charge in [-0.05, 0) is 18.9 Å². The lowest BCUT2D eigenvalue weighted by Gasteiger charge is -2.10. The van der Waals surface area contributed by atoms with Crippen molar-refractivity contribution < 1.29 is 4.74 Å². The largest absolute Gasteiger partial charge is 0.489 e. The summed E-state index contributed by atoms with van der Waals surface area (Å²) in [6, 6.07) is 8.89. The van der Waals surface area contributed by atoms with Crippen LogP contribution in [0.4, 0.5) is 0 Å². The van der Waals surface area contributed by atoms with Crippen LogP contribution in [0, 0.1) is 0 Å². The number of para-hydroxylation sites is 1. The summed E-state index contributed by atoms with van der Waals surface area (Å²) in [5.41, 5.74) is 1.23. The van der Waals surface area contributed by atoms with E-state index in [0.717, 1.165) is 18.3 Å². The molecule has 1 N–H and O–H groups in total. The molecule has 1 aliphatic carbocycles. The maximum Gasteiger partial charge on any atom is 0.124 e. The summed E-state index contributed by atoms with van der Waals surface area (Å²) in [5, 5.41) is 3.48. The Morgan fingerprint density at radius 1 is 1.40 bits per heavy atom. The third-order valence-corrected chi connectivity index (χ3v) is 2.49. The number of hydrogen-bond donors (Lipinski definition) is 1. The summed E-state index contributed by atoms with van der Waals surface area (Å²) < 4.78 is 5.58. The Balaban J connectivity index is 1.95. The lowest BCUT2D eigenvalue weighted by atomic mass is 10.2. The average Bonchev–Trinajstić information content (AvgIpc) is 3.08. The number of benzene rings is 1. The van der Waals surface area contributed by atoms with E-state index in [0.29, 0.717) is 6.61 Å². The first-order valence-corrected chi connectivity index (χ1v) is 5.45. The maximum atomic E-state index is 5.58. The van der Waals surface area contributed by atoms with Gasteiger partial charge in [-0.1, -0.05) is 30.9 Å². The lowest BCUT2D eigenvalue weighted by molar-refractivity contribution is 0.358. The minimum absolute atomic E-state index is 0.570. The molecule has 80 valence electrons. The monoisotopic (exact) mass is 203 g/mol. The molecular formula is C13H17NO. The molecular weight excluding hydrogens is 186 g/mol. The van der Waals surface area contributed by atoms with E-state index in [4.69, 9.17) is 4.74 Å². The highest BCUT2D eigenvalue weighted by Gasteiger charge is 2.20. The fraction of sp³-hybridized carbons (Fsp3) is 0.385. The molecule has 2 rings (SSSR count). The molecule has 0 heterocycles. The highest BCUT2D eigenvalue weighted by atomic mass is 16.5. The quantitative estimate of drug-likeness (QED) is 0.717. The molecule has 0 aromatic heterocycles. The van der Waals surface area contributed by atoms with Crippen molar-refractivity contribution in [2.45, 2.75) is 25.4 Å². The van der Waals surface area contributed by atoms with Crippen molar-refractivity contribution in [3.8, 4) is 5.75 Å². The lowest BCUT2D eigenvalue weighted by Crippen LogP contribution is -2.16. The Kier molecular flexibility index (Phi) is 3.41. The van der Waals surface area contributed by atoms with Gasteiger partial charge in [-0.3, -0.25) is 0 Å². The van der Waals surface area contributed by atoms with Gasteiger partial charge in [0.1, 0.15) is 12.4 Å². The molecule has 1 fully saturated rings. The first-order chi connectivity index (χ1) is 7.40. The Bertz CT molecular complexity index is 331. The molecule has 1 aromatic carbocycles. The van der Waals surface area contributed by atoms with E-state index in [2.05, 4.69) is 18.0 Å². The van der Waals surface area contributed by atoms with Crippen LogP contribution in [0.5, 0.6) is 5.75 Å². The molecule has 0 bridgehead atoms. The molecule has 1 saturated carbocycles. The highest BCUT2D eigenvalue weighted by molar-refractivity contribution is 5.33. The molecule has 1 aromatic rings. The van der Waals surface area contributed by atoms with Crippen LogP contribution in [0.3, 0.4) is 0 Å². The van der Waals surface area contributed by atoms with Crippen LogP contribution in [0.1, 0.15) is 18.4 Å². The van der Waals surface area contributed by atoms with Gasteiger partial charge >= 0.3 is 0 Å². The van der Waals surface area contributed by atoms with E-state index in [-0.39, 0.29) is 0 Å². The summed E-state index contributed by atoms with van der Waals surface area (Å²) in [7, 11) is 0. The predicted octanol–water partition coefficient (Wildman–Crippen LogP) is 2.50. The van der Waals surface area contributed by atoms with Crippen molar-refractivity contribution in [1.29, 1.82) is 0 Å². The normalized spacial score (nSPS) is 14.9. The van der Waals surface area contributed by atoms with Crippen molar-refractivity contribution in [3.63, 3.8) is 0 Å². The number of rotatable bonds is 6. The van der Waals surface area contributed by atoms with Gasteiger partial charge < -0.3 is 10.1 Å². The van der Waals surface area contributed by atoms with Crippen molar-refractivity contribution in [1.82, 2.24) is 5.32 Å². The van der Waals surface area contributed by atoms with Gasteiger partial charge in [0, 0.05) is 18.2 Å². The zero-order valence-electron chi connectivity index (χ0n) is 8.91. The third-order valence-electron chi connectivity index (χ3n) is 2.49. The summed E-state index contributed by atoms with van der Waals surface area (Å²) in [6.45, 7) is 5.12. The fourth-order valence-corrected chi connectivity index (χ4v) is 1.48. The third kappa shape index (κ3) is 3.10.